The Morgan fingerprint density at radius 1 is 1.37 bits per heavy atom. The molecule has 19 heavy (non-hydrogen) atoms. The molecular formula is C15H16N2O2. The van der Waals surface area contributed by atoms with Crippen LogP contribution in [-0.4, -0.2) is 22.6 Å². The average Bonchev–Trinajstić information content (AvgIpc) is 3.23. The molecule has 0 spiro atoms. The van der Waals surface area contributed by atoms with Crippen LogP contribution in [0.2, 0.25) is 0 Å². The number of fused-ring (bicyclic) bond motifs is 1. The van der Waals surface area contributed by atoms with Crippen molar-refractivity contribution in [3.63, 3.8) is 0 Å². The highest BCUT2D eigenvalue weighted by Gasteiger charge is 2.26. The molecule has 2 N–H and O–H groups in total. The topological polar surface area (TPSA) is 62.2 Å². The lowest BCUT2D eigenvalue weighted by Gasteiger charge is -2.16. The van der Waals surface area contributed by atoms with Crippen molar-refractivity contribution in [1.29, 1.82) is 0 Å². The lowest BCUT2D eigenvalue weighted by Crippen LogP contribution is -2.30. The summed E-state index contributed by atoms with van der Waals surface area (Å²) in [7, 11) is 0. The van der Waals surface area contributed by atoms with Gasteiger partial charge in [0.1, 0.15) is 6.04 Å². The largest absolute Gasteiger partial charge is 0.480 e. The van der Waals surface area contributed by atoms with Crippen LogP contribution in [0.5, 0.6) is 0 Å². The normalized spacial score (nSPS) is 16.4. The first kappa shape index (κ1) is 12.1. The molecule has 0 bridgehead atoms. The highest BCUT2D eigenvalue weighted by atomic mass is 16.4. The molecule has 1 saturated carbocycles. The van der Waals surface area contributed by atoms with Gasteiger partial charge in [0.2, 0.25) is 0 Å². The number of hydrogen-bond donors (Lipinski definition) is 2. The van der Waals surface area contributed by atoms with Gasteiger partial charge in [-0.05, 0) is 30.7 Å². The molecule has 1 unspecified atom stereocenters. The van der Waals surface area contributed by atoms with Gasteiger partial charge in [0.25, 0.3) is 0 Å². The summed E-state index contributed by atoms with van der Waals surface area (Å²) in [4.78, 5) is 15.6. The number of carboxylic acid groups (broad SMARTS) is 1. The summed E-state index contributed by atoms with van der Waals surface area (Å²) in [6.45, 7) is 0.764. The maximum Gasteiger partial charge on any atom is 0.325 e. The van der Waals surface area contributed by atoms with E-state index < -0.39 is 12.0 Å². The Labute approximate surface area is 111 Å². The number of nitrogens with one attached hydrogen (secondary N) is 1. The Morgan fingerprint density at radius 2 is 2.16 bits per heavy atom. The Morgan fingerprint density at radius 3 is 2.89 bits per heavy atom. The molecule has 1 aliphatic carbocycles. The van der Waals surface area contributed by atoms with Crippen molar-refractivity contribution in [2.75, 3.05) is 6.54 Å². The van der Waals surface area contributed by atoms with E-state index in [0.717, 1.165) is 22.9 Å². The van der Waals surface area contributed by atoms with Gasteiger partial charge < -0.3 is 10.4 Å². The molecule has 1 heterocycles. The minimum atomic E-state index is -0.848. The van der Waals surface area contributed by atoms with Crippen LogP contribution in [0.1, 0.15) is 24.4 Å². The Hall–Kier alpha value is -1.94. The molecule has 4 heteroatoms. The van der Waals surface area contributed by atoms with Gasteiger partial charge in [0, 0.05) is 23.3 Å². The summed E-state index contributed by atoms with van der Waals surface area (Å²) in [6.07, 6.45) is 5.82. The highest BCUT2D eigenvalue weighted by Crippen LogP contribution is 2.29. The van der Waals surface area contributed by atoms with Crippen molar-refractivity contribution in [2.24, 2.45) is 5.92 Å². The molecule has 0 radical (unpaired) electrons. The van der Waals surface area contributed by atoms with Gasteiger partial charge in [-0.2, -0.15) is 0 Å². The standard InChI is InChI=1S/C15H16N2O2/c18-15(19)14(17-7-10-5-6-10)13-9-16-8-11-3-1-2-4-12(11)13/h1-4,8-10,14,17H,5-7H2,(H,18,19). The molecule has 98 valence electrons. The van der Waals surface area contributed by atoms with Crippen molar-refractivity contribution in [3.05, 3.63) is 42.2 Å². The van der Waals surface area contributed by atoms with Crippen LogP contribution in [0.4, 0.5) is 0 Å². The second-order valence-electron chi connectivity index (χ2n) is 5.07. The van der Waals surface area contributed by atoms with Crippen molar-refractivity contribution in [3.8, 4) is 0 Å². The van der Waals surface area contributed by atoms with Crippen LogP contribution in [0.25, 0.3) is 10.8 Å². The molecule has 1 atom stereocenters. The summed E-state index contributed by atoms with van der Waals surface area (Å²) in [5.41, 5.74) is 0.742. The van der Waals surface area contributed by atoms with E-state index in [-0.39, 0.29) is 0 Å². The first-order chi connectivity index (χ1) is 9.25. The number of hydrogen-bond acceptors (Lipinski definition) is 3. The predicted molar refractivity (Wildman–Crippen MR) is 72.8 cm³/mol. The molecule has 1 aromatic carbocycles. The van der Waals surface area contributed by atoms with Crippen LogP contribution < -0.4 is 5.32 Å². The third-order valence-corrected chi connectivity index (χ3v) is 3.56. The number of pyridine rings is 1. The third-order valence-electron chi connectivity index (χ3n) is 3.56. The molecule has 4 nitrogen and oxygen atoms in total. The maximum absolute atomic E-state index is 11.5. The number of rotatable bonds is 5. The Kier molecular flexibility index (Phi) is 3.17. The molecular weight excluding hydrogens is 240 g/mol. The molecule has 1 aliphatic rings. The first-order valence-corrected chi connectivity index (χ1v) is 6.54. The van der Waals surface area contributed by atoms with Gasteiger partial charge in [-0.25, -0.2) is 0 Å². The van der Waals surface area contributed by atoms with Gasteiger partial charge in [0.05, 0.1) is 0 Å². The van der Waals surface area contributed by atoms with E-state index in [1.54, 1.807) is 12.4 Å². The average molecular weight is 256 g/mol. The molecule has 0 amide bonds. The first-order valence-electron chi connectivity index (χ1n) is 6.54. The maximum atomic E-state index is 11.5. The van der Waals surface area contributed by atoms with Gasteiger partial charge in [-0.15, -0.1) is 0 Å². The number of aliphatic carboxylic acids is 1. The summed E-state index contributed by atoms with van der Waals surface area (Å²) in [5.74, 6) is -0.205. The summed E-state index contributed by atoms with van der Waals surface area (Å²) in [5, 5.41) is 14.5. The molecule has 2 aromatic rings. The minimum Gasteiger partial charge on any atom is -0.480 e. The predicted octanol–water partition coefficient (Wildman–Crippen LogP) is 2.36. The van der Waals surface area contributed by atoms with Crippen LogP contribution in [0, 0.1) is 5.92 Å². The summed E-state index contributed by atoms with van der Waals surface area (Å²) < 4.78 is 0. The van der Waals surface area contributed by atoms with E-state index >= 15 is 0 Å². The fourth-order valence-corrected chi connectivity index (χ4v) is 2.31. The summed E-state index contributed by atoms with van der Waals surface area (Å²) >= 11 is 0. The van der Waals surface area contributed by atoms with E-state index in [9.17, 15) is 9.90 Å². The Bertz CT molecular complexity index is 603. The van der Waals surface area contributed by atoms with Crippen LogP contribution >= 0.6 is 0 Å². The van der Waals surface area contributed by atoms with Crippen LogP contribution in [-0.2, 0) is 4.79 Å². The van der Waals surface area contributed by atoms with E-state index in [1.165, 1.54) is 12.8 Å². The number of benzene rings is 1. The second kappa shape index (κ2) is 4.97. The van der Waals surface area contributed by atoms with E-state index in [0.29, 0.717) is 5.92 Å². The fraction of sp³-hybridized carbons (Fsp3) is 0.333. The molecule has 1 aromatic heterocycles. The highest BCUT2D eigenvalue weighted by molar-refractivity contribution is 5.89. The van der Waals surface area contributed by atoms with Crippen LogP contribution in [0.15, 0.2) is 36.7 Å². The number of carboxylic acids is 1. The van der Waals surface area contributed by atoms with Gasteiger partial charge >= 0.3 is 5.97 Å². The number of carbonyl (C=O) groups is 1. The van der Waals surface area contributed by atoms with E-state index in [4.69, 9.17) is 0 Å². The molecule has 0 aliphatic heterocycles. The zero-order chi connectivity index (χ0) is 13.2. The van der Waals surface area contributed by atoms with Gasteiger partial charge in [-0.3, -0.25) is 9.78 Å². The van der Waals surface area contributed by atoms with E-state index in [1.807, 2.05) is 24.3 Å². The lowest BCUT2D eigenvalue weighted by atomic mass is 10.0. The lowest BCUT2D eigenvalue weighted by molar-refractivity contribution is -0.139. The van der Waals surface area contributed by atoms with Gasteiger partial charge in [0.15, 0.2) is 0 Å². The van der Waals surface area contributed by atoms with Crippen molar-refractivity contribution in [2.45, 2.75) is 18.9 Å². The van der Waals surface area contributed by atoms with Crippen LogP contribution in [0.3, 0.4) is 0 Å². The zero-order valence-electron chi connectivity index (χ0n) is 10.5. The third kappa shape index (κ3) is 2.58. The summed E-state index contributed by atoms with van der Waals surface area (Å²) in [6, 6.07) is 7.07. The molecule has 1 fully saturated rings. The smallest absolute Gasteiger partial charge is 0.325 e. The van der Waals surface area contributed by atoms with Crippen molar-refractivity contribution >= 4 is 16.7 Å². The molecule has 0 saturated heterocycles. The minimum absolute atomic E-state index is 0.643. The van der Waals surface area contributed by atoms with E-state index in [2.05, 4.69) is 10.3 Å². The zero-order valence-corrected chi connectivity index (χ0v) is 10.5. The fourth-order valence-electron chi connectivity index (χ4n) is 2.31. The monoisotopic (exact) mass is 256 g/mol. The number of nitrogens with zero attached hydrogens (tertiary/aromatic N) is 1. The van der Waals surface area contributed by atoms with Crippen molar-refractivity contribution in [1.82, 2.24) is 10.3 Å². The quantitative estimate of drug-likeness (QED) is 0.862. The number of aromatic nitrogens is 1. The SMILES string of the molecule is O=C(O)C(NCC1CC1)c1cncc2ccccc12. The Balaban J connectivity index is 1.96. The molecule has 3 rings (SSSR count). The van der Waals surface area contributed by atoms with Crippen molar-refractivity contribution < 1.29 is 9.90 Å². The van der Waals surface area contributed by atoms with Gasteiger partial charge in [-0.1, -0.05) is 24.3 Å². The second-order valence-corrected chi connectivity index (χ2v) is 5.07.